The van der Waals surface area contributed by atoms with E-state index in [-0.39, 0.29) is 18.7 Å². The first-order chi connectivity index (χ1) is 8.33. The van der Waals surface area contributed by atoms with Gasteiger partial charge in [0.25, 0.3) is 0 Å². The molecule has 5 nitrogen and oxygen atoms in total. The van der Waals surface area contributed by atoms with E-state index in [1.54, 1.807) is 20.8 Å². The molecule has 0 saturated carbocycles. The second kappa shape index (κ2) is 6.15. The minimum atomic E-state index is -0.680. The molecule has 6 heteroatoms. The lowest BCUT2D eigenvalue weighted by atomic mass is 10.2. The van der Waals surface area contributed by atoms with Crippen molar-refractivity contribution in [2.24, 2.45) is 0 Å². The topological polar surface area (TPSA) is 59.0 Å². The second-order valence-corrected chi connectivity index (χ2v) is 5.12. The van der Waals surface area contributed by atoms with E-state index in [1.165, 1.54) is 4.90 Å². The van der Waals surface area contributed by atoms with Gasteiger partial charge in [0, 0.05) is 12.1 Å². The first-order valence-electron chi connectivity index (χ1n) is 5.86. The van der Waals surface area contributed by atoms with Crippen LogP contribution in [0.2, 0.25) is 0 Å². The van der Waals surface area contributed by atoms with Crippen molar-refractivity contribution in [1.29, 1.82) is 0 Å². The van der Waals surface area contributed by atoms with Gasteiger partial charge in [-0.3, -0.25) is 0 Å². The average Bonchev–Trinajstić information content (AvgIpc) is 2.51. The Morgan fingerprint density at radius 3 is 2.78 bits per heavy atom. The molecule has 0 atom stereocenters. The van der Waals surface area contributed by atoms with E-state index >= 15 is 0 Å². The lowest BCUT2D eigenvalue weighted by Gasteiger charge is -2.26. The smallest absolute Gasteiger partial charge is 0.410 e. The number of ether oxygens (including phenoxy) is 2. The number of carbonyl (C=O) groups excluding carboxylic acids is 1. The molecule has 0 unspecified atom stereocenters. The van der Waals surface area contributed by atoms with Gasteiger partial charge in [-0.15, -0.1) is 0 Å². The third-order valence-electron chi connectivity index (χ3n) is 2.34. The van der Waals surface area contributed by atoms with Crippen LogP contribution in [0.5, 0.6) is 0 Å². The predicted octanol–water partition coefficient (Wildman–Crippen LogP) is 1.47. The van der Waals surface area contributed by atoms with Crippen molar-refractivity contribution >= 4 is 6.09 Å². The Balaban J connectivity index is 2.73. The fraction of sp³-hybridized carbons (Fsp3) is 0.750. The summed E-state index contributed by atoms with van der Waals surface area (Å²) in [5.74, 6) is -0.648. The van der Waals surface area contributed by atoms with Crippen molar-refractivity contribution in [1.82, 2.24) is 4.90 Å². The van der Waals surface area contributed by atoms with Crippen molar-refractivity contribution < 1.29 is 23.8 Å². The standard InChI is InChI=1S/C12H20FNO4/c1-12(2,3)18-11(16)14-4-5-17-8-9(6-14)10(13)7-15/h15H,4-8H2,1-3H3/b10-9+. The molecule has 0 spiro atoms. The van der Waals surface area contributed by atoms with Crippen LogP contribution in [0.3, 0.4) is 0 Å². The molecule has 1 heterocycles. The van der Waals surface area contributed by atoms with E-state index in [1.807, 2.05) is 0 Å². The zero-order valence-electron chi connectivity index (χ0n) is 11.0. The van der Waals surface area contributed by atoms with Crippen molar-refractivity contribution in [3.8, 4) is 0 Å². The van der Waals surface area contributed by atoms with E-state index in [9.17, 15) is 9.18 Å². The Kier molecular flexibility index (Phi) is 5.10. The third-order valence-corrected chi connectivity index (χ3v) is 2.34. The minimum absolute atomic E-state index is 0.0846. The number of halogens is 1. The molecule has 1 aliphatic heterocycles. The maximum Gasteiger partial charge on any atom is 0.410 e. The Hall–Kier alpha value is -1.14. The van der Waals surface area contributed by atoms with Gasteiger partial charge in [-0.25, -0.2) is 9.18 Å². The molecular formula is C12H20FNO4. The SMILES string of the molecule is CC(C)(C)OC(=O)N1CCOC/C(=C(/F)CO)C1. The van der Waals surface area contributed by atoms with Gasteiger partial charge in [0.2, 0.25) is 0 Å². The number of aliphatic hydroxyl groups is 1. The summed E-state index contributed by atoms with van der Waals surface area (Å²) >= 11 is 0. The van der Waals surface area contributed by atoms with E-state index in [0.29, 0.717) is 13.2 Å². The zero-order chi connectivity index (χ0) is 13.8. The molecule has 1 aliphatic rings. The Labute approximate surface area is 106 Å². The predicted molar refractivity (Wildman–Crippen MR) is 63.8 cm³/mol. The quantitative estimate of drug-likeness (QED) is 0.776. The number of hydrogen-bond acceptors (Lipinski definition) is 4. The van der Waals surface area contributed by atoms with Crippen molar-refractivity contribution in [3.05, 3.63) is 11.4 Å². The summed E-state index contributed by atoms with van der Waals surface area (Å²) in [6.07, 6.45) is -0.503. The number of hydrogen-bond donors (Lipinski definition) is 1. The molecule has 1 N–H and O–H groups in total. The highest BCUT2D eigenvalue weighted by Crippen LogP contribution is 2.15. The highest BCUT2D eigenvalue weighted by molar-refractivity contribution is 5.68. The largest absolute Gasteiger partial charge is 0.444 e. The summed E-state index contributed by atoms with van der Waals surface area (Å²) in [7, 11) is 0. The zero-order valence-corrected chi connectivity index (χ0v) is 11.0. The monoisotopic (exact) mass is 261 g/mol. The van der Waals surface area contributed by atoms with Gasteiger partial charge < -0.3 is 19.5 Å². The molecule has 104 valence electrons. The number of carbonyl (C=O) groups is 1. The summed E-state index contributed by atoms with van der Waals surface area (Å²) in [6, 6.07) is 0. The van der Waals surface area contributed by atoms with Gasteiger partial charge in [-0.05, 0) is 20.8 Å². The molecule has 0 aromatic carbocycles. The van der Waals surface area contributed by atoms with Crippen LogP contribution in [0.25, 0.3) is 0 Å². The molecule has 0 aliphatic carbocycles. The van der Waals surface area contributed by atoms with Gasteiger partial charge in [-0.1, -0.05) is 0 Å². The van der Waals surface area contributed by atoms with Gasteiger partial charge in [0.05, 0.1) is 26.4 Å². The van der Waals surface area contributed by atoms with Gasteiger partial charge >= 0.3 is 6.09 Å². The van der Waals surface area contributed by atoms with E-state index in [2.05, 4.69) is 0 Å². The van der Waals surface area contributed by atoms with Crippen LogP contribution < -0.4 is 0 Å². The van der Waals surface area contributed by atoms with E-state index < -0.39 is 24.1 Å². The Morgan fingerprint density at radius 2 is 2.22 bits per heavy atom. The first kappa shape index (κ1) is 14.9. The van der Waals surface area contributed by atoms with Crippen LogP contribution in [0.1, 0.15) is 20.8 Å². The van der Waals surface area contributed by atoms with Crippen molar-refractivity contribution in [2.75, 3.05) is 32.9 Å². The molecule has 0 aromatic heterocycles. The maximum atomic E-state index is 13.3. The van der Waals surface area contributed by atoms with Gasteiger partial charge in [-0.2, -0.15) is 0 Å². The van der Waals surface area contributed by atoms with Crippen LogP contribution in [0.4, 0.5) is 9.18 Å². The molecular weight excluding hydrogens is 241 g/mol. The fourth-order valence-corrected chi connectivity index (χ4v) is 1.48. The summed E-state index contributed by atoms with van der Waals surface area (Å²) < 4.78 is 23.7. The average molecular weight is 261 g/mol. The second-order valence-electron chi connectivity index (χ2n) is 5.12. The van der Waals surface area contributed by atoms with Crippen LogP contribution in [0.15, 0.2) is 11.4 Å². The van der Waals surface area contributed by atoms with E-state index in [4.69, 9.17) is 14.6 Å². The normalized spacial score (nSPS) is 20.4. The molecule has 1 amide bonds. The summed E-state index contributed by atoms with van der Waals surface area (Å²) in [4.78, 5) is 13.2. The first-order valence-corrected chi connectivity index (χ1v) is 5.86. The summed E-state index contributed by atoms with van der Waals surface area (Å²) in [5.41, 5.74) is -0.315. The molecule has 1 fully saturated rings. The highest BCUT2D eigenvalue weighted by Gasteiger charge is 2.25. The minimum Gasteiger partial charge on any atom is -0.444 e. The molecule has 1 rings (SSSR count). The summed E-state index contributed by atoms with van der Waals surface area (Å²) in [5, 5.41) is 8.77. The van der Waals surface area contributed by atoms with Crippen molar-refractivity contribution in [2.45, 2.75) is 26.4 Å². The molecule has 0 aromatic rings. The van der Waals surface area contributed by atoms with Gasteiger partial charge in [0.1, 0.15) is 11.4 Å². The number of nitrogens with zero attached hydrogens (tertiary/aromatic N) is 1. The number of rotatable bonds is 1. The molecule has 0 radical (unpaired) electrons. The van der Waals surface area contributed by atoms with Crippen LogP contribution in [0, 0.1) is 0 Å². The van der Waals surface area contributed by atoms with Crippen LogP contribution >= 0.6 is 0 Å². The summed E-state index contributed by atoms with van der Waals surface area (Å²) in [6.45, 7) is 5.46. The third kappa shape index (κ3) is 4.62. The lowest BCUT2D eigenvalue weighted by molar-refractivity contribution is 0.0248. The van der Waals surface area contributed by atoms with Gasteiger partial charge in [0.15, 0.2) is 0 Å². The Morgan fingerprint density at radius 1 is 1.56 bits per heavy atom. The lowest BCUT2D eigenvalue weighted by Crippen LogP contribution is -2.38. The van der Waals surface area contributed by atoms with Crippen LogP contribution in [-0.4, -0.2) is 54.6 Å². The molecule has 18 heavy (non-hydrogen) atoms. The molecule has 1 saturated heterocycles. The number of aliphatic hydroxyl groups excluding tert-OH is 1. The maximum absolute atomic E-state index is 13.3. The van der Waals surface area contributed by atoms with Crippen LogP contribution in [-0.2, 0) is 9.47 Å². The van der Waals surface area contributed by atoms with E-state index in [0.717, 1.165) is 0 Å². The molecule has 0 bridgehead atoms. The van der Waals surface area contributed by atoms with Crippen molar-refractivity contribution in [3.63, 3.8) is 0 Å². The number of amides is 1. The highest BCUT2D eigenvalue weighted by atomic mass is 19.1. The Bertz CT molecular complexity index is 335. The fourth-order valence-electron chi connectivity index (χ4n) is 1.48.